The van der Waals surface area contributed by atoms with Crippen LogP contribution in [0.15, 0.2) is 53.0 Å². The summed E-state index contributed by atoms with van der Waals surface area (Å²) in [5.74, 6) is -2.48. The van der Waals surface area contributed by atoms with Gasteiger partial charge >= 0.3 is 5.97 Å². The monoisotopic (exact) mass is 475 g/mol. The Morgan fingerprint density at radius 1 is 1.19 bits per heavy atom. The zero-order valence-corrected chi connectivity index (χ0v) is 20.8. The molecule has 4 aliphatic rings. The van der Waals surface area contributed by atoms with E-state index in [1.165, 1.54) is 19.2 Å². The molecule has 9 heteroatoms. The number of allylic oxidation sites excluding steroid dienone is 1. The topological polar surface area (TPSA) is 90.0 Å². The lowest BCUT2D eigenvalue weighted by Gasteiger charge is -2.59. The predicted molar refractivity (Wildman–Crippen MR) is 122 cm³/mol. The summed E-state index contributed by atoms with van der Waals surface area (Å²) in [4.78, 5) is 26.5. The lowest BCUT2D eigenvalue weighted by molar-refractivity contribution is -0.154. The first-order chi connectivity index (χ1) is 14.9. The van der Waals surface area contributed by atoms with E-state index < -0.39 is 47.8 Å². The third kappa shape index (κ3) is 3.47. The Kier molecular flexibility index (Phi) is 5.50. The molecule has 2 aliphatic carbocycles. The smallest absolute Gasteiger partial charge is 0.335 e. The van der Waals surface area contributed by atoms with Crippen molar-refractivity contribution in [3.05, 3.63) is 53.6 Å². The van der Waals surface area contributed by atoms with Gasteiger partial charge in [0.05, 0.1) is 35.1 Å². The molecule has 5 rings (SSSR count). The lowest BCUT2D eigenvalue weighted by Crippen LogP contribution is -2.71. The molecule has 1 saturated heterocycles. The molecule has 0 N–H and O–H groups in total. The van der Waals surface area contributed by atoms with Gasteiger partial charge in [0.15, 0.2) is 8.32 Å². The number of sulfonamides is 1. The number of benzene rings is 1. The van der Waals surface area contributed by atoms with E-state index in [-0.39, 0.29) is 16.4 Å². The molecule has 2 aliphatic heterocycles. The summed E-state index contributed by atoms with van der Waals surface area (Å²) >= 11 is 0. The zero-order chi connectivity index (χ0) is 23.5. The van der Waals surface area contributed by atoms with E-state index >= 15 is 0 Å². The van der Waals surface area contributed by atoms with Gasteiger partial charge in [0, 0.05) is 5.92 Å². The molecular weight excluding hydrogens is 446 g/mol. The lowest BCUT2D eigenvalue weighted by atomic mass is 9.60. The highest BCUT2D eigenvalue weighted by molar-refractivity contribution is 7.89. The first-order valence-electron chi connectivity index (χ1n) is 10.8. The van der Waals surface area contributed by atoms with Crippen LogP contribution in [0.5, 0.6) is 0 Å². The molecule has 4 atom stereocenters. The van der Waals surface area contributed by atoms with Crippen LogP contribution in [0.1, 0.15) is 18.4 Å². The molecule has 1 aromatic rings. The molecule has 0 aromatic heterocycles. The number of hydrogen-bond acceptors (Lipinski definition) is 6. The van der Waals surface area contributed by atoms with Crippen LogP contribution in [-0.4, -0.2) is 51.7 Å². The molecule has 0 saturated carbocycles. The Hall–Kier alpha value is -2.23. The van der Waals surface area contributed by atoms with Crippen molar-refractivity contribution in [3.8, 4) is 0 Å². The highest BCUT2D eigenvalue weighted by Crippen LogP contribution is 2.54. The number of esters is 1. The molecule has 7 nitrogen and oxygen atoms in total. The maximum atomic E-state index is 13.7. The average Bonchev–Trinajstić information content (AvgIpc) is 2.72. The number of carbonyl (C=O) groups excluding carboxylic acids is 2. The number of nitrogens with zero attached hydrogens (tertiary/aromatic N) is 1. The van der Waals surface area contributed by atoms with Gasteiger partial charge in [-0.3, -0.25) is 4.79 Å². The molecule has 2 unspecified atom stereocenters. The van der Waals surface area contributed by atoms with E-state index in [0.29, 0.717) is 12.8 Å². The summed E-state index contributed by atoms with van der Waals surface area (Å²) in [5.41, 5.74) is 0.162. The SMILES string of the molecule is COC(=O)C1=C[C@H]2C(=O)N(S(=O)(=O)c3ccc(C)cc3)[C@@H]1C1CCC=CC12O[Si](C)(C)C. The van der Waals surface area contributed by atoms with E-state index in [4.69, 9.17) is 9.16 Å². The molecule has 2 bridgehead atoms. The fraction of sp³-hybridized carbons (Fsp3) is 0.478. The van der Waals surface area contributed by atoms with E-state index in [9.17, 15) is 18.0 Å². The van der Waals surface area contributed by atoms with Crippen LogP contribution < -0.4 is 0 Å². The number of aryl methyl sites for hydroxylation is 1. The minimum atomic E-state index is -4.19. The van der Waals surface area contributed by atoms with Crippen molar-refractivity contribution in [2.24, 2.45) is 11.8 Å². The van der Waals surface area contributed by atoms with Gasteiger partial charge < -0.3 is 9.16 Å². The Labute approximate surface area is 190 Å². The van der Waals surface area contributed by atoms with Crippen LogP contribution in [0.25, 0.3) is 0 Å². The Morgan fingerprint density at radius 2 is 1.84 bits per heavy atom. The number of fused-ring (bicyclic) bond motifs is 1. The second-order valence-corrected chi connectivity index (χ2v) is 15.9. The summed E-state index contributed by atoms with van der Waals surface area (Å²) in [7, 11) is -5.07. The Balaban J connectivity index is 1.91. The number of methoxy groups -OCH3 is 1. The van der Waals surface area contributed by atoms with E-state index in [1.807, 2.05) is 38.7 Å². The summed E-state index contributed by atoms with van der Waals surface area (Å²) < 4.78 is 39.9. The molecular formula is C23H29NO6SSi. The van der Waals surface area contributed by atoms with Gasteiger partial charge in [0.2, 0.25) is 5.91 Å². The molecule has 0 radical (unpaired) electrons. The molecule has 0 spiro atoms. The minimum absolute atomic E-state index is 0.0243. The summed E-state index contributed by atoms with van der Waals surface area (Å²) in [6.45, 7) is 7.98. The van der Waals surface area contributed by atoms with Crippen molar-refractivity contribution in [2.45, 2.75) is 55.9 Å². The van der Waals surface area contributed by atoms with E-state index in [0.717, 1.165) is 9.87 Å². The minimum Gasteiger partial charge on any atom is -0.466 e. The van der Waals surface area contributed by atoms with Crippen molar-refractivity contribution in [2.75, 3.05) is 7.11 Å². The van der Waals surface area contributed by atoms with E-state index in [1.54, 1.807) is 18.2 Å². The van der Waals surface area contributed by atoms with Crippen LogP contribution in [0.4, 0.5) is 0 Å². The van der Waals surface area contributed by atoms with E-state index in [2.05, 4.69) is 0 Å². The third-order valence-electron chi connectivity index (χ3n) is 6.35. The van der Waals surface area contributed by atoms with Crippen molar-refractivity contribution in [3.63, 3.8) is 0 Å². The van der Waals surface area contributed by atoms with Gasteiger partial charge in [-0.25, -0.2) is 17.5 Å². The number of carbonyl (C=O) groups is 2. The molecule has 1 fully saturated rings. The zero-order valence-electron chi connectivity index (χ0n) is 19.0. The number of ether oxygens (including phenoxy) is 1. The van der Waals surface area contributed by atoms with Gasteiger partial charge in [-0.15, -0.1) is 0 Å². The van der Waals surface area contributed by atoms with Crippen molar-refractivity contribution in [1.29, 1.82) is 0 Å². The van der Waals surface area contributed by atoms with Crippen molar-refractivity contribution in [1.82, 2.24) is 4.31 Å². The maximum Gasteiger partial charge on any atom is 0.335 e. The highest BCUT2D eigenvalue weighted by Gasteiger charge is 2.65. The van der Waals surface area contributed by atoms with Gasteiger partial charge in [-0.05, 0) is 51.5 Å². The van der Waals surface area contributed by atoms with Crippen LogP contribution in [-0.2, 0) is 28.8 Å². The van der Waals surface area contributed by atoms with Gasteiger partial charge in [-0.1, -0.05) is 35.9 Å². The average molecular weight is 476 g/mol. The largest absolute Gasteiger partial charge is 0.466 e. The molecule has 1 amide bonds. The first-order valence-corrected chi connectivity index (χ1v) is 15.6. The predicted octanol–water partition coefficient (Wildman–Crippen LogP) is 3.18. The molecule has 172 valence electrons. The fourth-order valence-corrected chi connectivity index (χ4v) is 8.21. The second kappa shape index (κ2) is 7.67. The second-order valence-electron chi connectivity index (χ2n) is 9.64. The van der Waals surface area contributed by atoms with Crippen LogP contribution in [0.2, 0.25) is 19.6 Å². The summed E-state index contributed by atoms with van der Waals surface area (Å²) in [6.07, 6.45) is 6.81. The fourth-order valence-electron chi connectivity index (χ4n) is 5.19. The van der Waals surface area contributed by atoms with Crippen LogP contribution in [0, 0.1) is 18.8 Å². The number of piperidine rings is 1. The molecule has 32 heavy (non-hydrogen) atoms. The summed E-state index contributed by atoms with van der Waals surface area (Å²) in [5, 5.41) is 0. The highest BCUT2D eigenvalue weighted by atomic mass is 32.2. The van der Waals surface area contributed by atoms with Gasteiger partial charge in [0.25, 0.3) is 10.0 Å². The number of amides is 1. The molecule has 2 heterocycles. The molecule has 1 aromatic carbocycles. The number of rotatable bonds is 5. The van der Waals surface area contributed by atoms with Crippen molar-refractivity contribution >= 4 is 30.2 Å². The maximum absolute atomic E-state index is 13.7. The number of hydrogen-bond donors (Lipinski definition) is 0. The standard InChI is InChI=1S/C23H29NO6SSi/c1-15-9-11-16(12-10-15)31(27,28)24-20-17(22(26)29-2)14-19(21(24)25)23(30-32(3,4)5)13-7-6-8-18(20)23/h7,9-14,18-20H,6,8H2,1-5H3/t18?,19-,20-,23?/m0/s1. The Morgan fingerprint density at radius 3 is 2.44 bits per heavy atom. The van der Waals surface area contributed by atoms with Gasteiger partial charge in [0.1, 0.15) is 0 Å². The van der Waals surface area contributed by atoms with Crippen LogP contribution in [0.3, 0.4) is 0 Å². The first kappa shape index (κ1) is 22.9. The normalized spacial score (nSPS) is 29.5. The van der Waals surface area contributed by atoms with Crippen LogP contribution >= 0.6 is 0 Å². The third-order valence-corrected chi connectivity index (χ3v) is 9.11. The summed E-state index contributed by atoms with van der Waals surface area (Å²) in [6, 6.07) is 5.40. The van der Waals surface area contributed by atoms with Crippen molar-refractivity contribution < 1.29 is 27.2 Å². The Bertz CT molecular complexity index is 1120. The quantitative estimate of drug-likeness (QED) is 0.369. The van der Waals surface area contributed by atoms with Gasteiger partial charge in [-0.2, -0.15) is 0 Å².